The predicted molar refractivity (Wildman–Crippen MR) is 67.8 cm³/mol. The average Bonchev–Trinajstić information content (AvgIpc) is 1.98. The highest BCUT2D eigenvalue weighted by atomic mass is 28.4. The first-order valence-corrected chi connectivity index (χ1v) is 8.27. The van der Waals surface area contributed by atoms with Crippen molar-refractivity contribution in [3.63, 3.8) is 0 Å². The molecule has 14 heavy (non-hydrogen) atoms. The number of rotatable bonds is 2. The minimum Gasteiger partial charge on any atom is -0.432 e. The molecule has 0 radical (unpaired) electrons. The Labute approximate surface area is 91.1 Å². The molecule has 0 spiro atoms. The van der Waals surface area contributed by atoms with Crippen molar-refractivity contribution in [3.05, 3.63) is 0 Å². The van der Waals surface area contributed by atoms with Crippen LogP contribution >= 0.6 is 0 Å². The van der Waals surface area contributed by atoms with Crippen LogP contribution in [0.1, 0.15) is 47.0 Å². The van der Waals surface area contributed by atoms with Crippen LogP contribution in [0.3, 0.4) is 0 Å². The second kappa shape index (κ2) is 7.08. The minimum absolute atomic E-state index is 0.132. The van der Waals surface area contributed by atoms with Crippen molar-refractivity contribution in [2.45, 2.75) is 65.1 Å². The maximum absolute atomic E-state index is 9.49. The third kappa shape index (κ3) is 9.82. The Morgan fingerprint density at radius 3 is 1.71 bits per heavy atom. The molecule has 0 aliphatic rings. The molecule has 0 heterocycles. The lowest BCUT2D eigenvalue weighted by Crippen LogP contribution is -2.36. The molecule has 0 atom stereocenters. The summed E-state index contributed by atoms with van der Waals surface area (Å²) in [6, 6.07) is 0. The van der Waals surface area contributed by atoms with E-state index in [1.807, 2.05) is 13.1 Å². The summed E-state index contributed by atoms with van der Waals surface area (Å²) in [5.41, 5.74) is 0. The maximum atomic E-state index is 9.49. The second-order valence-electron chi connectivity index (χ2n) is 5.12. The zero-order valence-corrected chi connectivity index (χ0v) is 11.6. The largest absolute Gasteiger partial charge is 0.432 e. The molecule has 84 valence electrons. The SMILES string of the molecule is C#CCCCC.CC(C)(C)[Si](C)(C)O. The first-order chi connectivity index (χ1) is 6.16. The number of unbranched alkanes of at least 4 members (excludes halogenated alkanes) is 2. The molecule has 1 nitrogen and oxygen atoms in total. The molecular formula is C12H26OSi. The van der Waals surface area contributed by atoms with Gasteiger partial charge in [0.05, 0.1) is 0 Å². The van der Waals surface area contributed by atoms with Crippen LogP contribution in [0, 0.1) is 12.3 Å². The van der Waals surface area contributed by atoms with Gasteiger partial charge in [-0.15, -0.1) is 12.3 Å². The van der Waals surface area contributed by atoms with Gasteiger partial charge < -0.3 is 4.80 Å². The number of terminal acetylenes is 1. The summed E-state index contributed by atoms with van der Waals surface area (Å²) >= 11 is 0. The Bertz CT molecular complexity index is 154. The molecule has 2 heteroatoms. The van der Waals surface area contributed by atoms with Gasteiger partial charge in [-0.3, -0.25) is 0 Å². The van der Waals surface area contributed by atoms with E-state index < -0.39 is 8.32 Å². The molecule has 0 saturated heterocycles. The predicted octanol–water partition coefficient (Wildman–Crippen LogP) is 3.79. The zero-order valence-electron chi connectivity index (χ0n) is 10.6. The van der Waals surface area contributed by atoms with Crippen LogP contribution in [0.15, 0.2) is 0 Å². The molecule has 0 aromatic carbocycles. The molecular weight excluding hydrogens is 188 g/mol. The smallest absolute Gasteiger partial charge is 0.187 e. The fraction of sp³-hybridized carbons (Fsp3) is 0.833. The summed E-state index contributed by atoms with van der Waals surface area (Å²) in [4.78, 5) is 9.49. The van der Waals surface area contributed by atoms with E-state index in [-0.39, 0.29) is 5.04 Å². The van der Waals surface area contributed by atoms with Crippen molar-refractivity contribution >= 4 is 8.32 Å². The molecule has 0 unspecified atom stereocenters. The van der Waals surface area contributed by atoms with E-state index in [0.29, 0.717) is 0 Å². The normalized spacial score (nSPS) is 11.3. The first kappa shape index (κ1) is 16.2. The molecule has 0 aromatic heterocycles. The highest BCUT2D eigenvalue weighted by Crippen LogP contribution is 2.33. The zero-order chi connectivity index (χ0) is 11.8. The maximum Gasteiger partial charge on any atom is 0.187 e. The molecule has 0 bridgehead atoms. The Kier molecular flexibility index (Phi) is 8.19. The van der Waals surface area contributed by atoms with Gasteiger partial charge in [0.2, 0.25) is 0 Å². The van der Waals surface area contributed by atoms with Crippen LogP contribution in [-0.4, -0.2) is 13.1 Å². The van der Waals surface area contributed by atoms with Crippen LogP contribution in [0.5, 0.6) is 0 Å². The van der Waals surface area contributed by atoms with Crippen LogP contribution in [0.25, 0.3) is 0 Å². The third-order valence-corrected chi connectivity index (χ3v) is 6.18. The van der Waals surface area contributed by atoms with Gasteiger partial charge in [-0.2, -0.15) is 0 Å². The van der Waals surface area contributed by atoms with Gasteiger partial charge in [-0.05, 0) is 24.6 Å². The second-order valence-corrected chi connectivity index (χ2v) is 9.73. The van der Waals surface area contributed by atoms with Crippen molar-refractivity contribution in [1.29, 1.82) is 0 Å². The van der Waals surface area contributed by atoms with Crippen molar-refractivity contribution in [1.82, 2.24) is 0 Å². The quantitative estimate of drug-likeness (QED) is 0.421. The average molecular weight is 214 g/mol. The minimum atomic E-state index is -1.86. The van der Waals surface area contributed by atoms with Crippen LogP contribution in [-0.2, 0) is 0 Å². The fourth-order valence-corrected chi connectivity index (χ4v) is 0.279. The standard InChI is InChI=1S/C6H16OSi.C6H10/c1-6(2,3)8(4,5)7;1-3-5-6-4-2/h7H,1-5H3;1H,4-6H2,2H3. The molecule has 0 saturated carbocycles. The first-order valence-electron chi connectivity index (χ1n) is 5.32. The summed E-state index contributed by atoms with van der Waals surface area (Å²) in [7, 11) is -1.86. The number of hydrogen-bond donors (Lipinski definition) is 1. The highest BCUT2D eigenvalue weighted by molar-refractivity contribution is 6.72. The van der Waals surface area contributed by atoms with E-state index in [0.717, 1.165) is 6.42 Å². The lowest BCUT2D eigenvalue weighted by Gasteiger charge is -2.30. The van der Waals surface area contributed by atoms with Crippen molar-refractivity contribution in [2.75, 3.05) is 0 Å². The molecule has 0 aromatic rings. The van der Waals surface area contributed by atoms with Crippen molar-refractivity contribution in [3.8, 4) is 12.3 Å². The van der Waals surface area contributed by atoms with Crippen LogP contribution in [0.2, 0.25) is 18.1 Å². The summed E-state index contributed by atoms with van der Waals surface area (Å²) in [5.74, 6) is 2.57. The van der Waals surface area contributed by atoms with Crippen LogP contribution < -0.4 is 0 Å². The summed E-state index contributed by atoms with van der Waals surface area (Å²) < 4.78 is 0. The van der Waals surface area contributed by atoms with Gasteiger partial charge in [0, 0.05) is 6.42 Å². The van der Waals surface area contributed by atoms with Crippen molar-refractivity contribution in [2.24, 2.45) is 0 Å². The van der Waals surface area contributed by atoms with E-state index in [4.69, 9.17) is 6.42 Å². The van der Waals surface area contributed by atoms with Gasteiger partial charge in [0.1, 0.15) is 0 Å². The lowest BCUT2D eigenvalue weighted by atomic mass is 10.2. The van der Waals surface area contributed by atoms with Gasteiger partial charge in [0.25, 0.3) is 0 Å². The van der Waals surface area contributed by atoms with Gasteiger partial charge in [-0.1, -0.05) is 34.1 Å². The molecule has 1 N–H and O–H groups in total. The lowest BCUT2D eigenvalue weighted by molar-refractivity contribution is 0.487. The van der Waals surface area contributed by atoms with Gasteiger partial charge in [-0.25, -0.2) is 0 Å². The monoisotopic (exact) mass is 214 g/mol. The summed E-state index contributed by atoms with van der Waals surface area (Å²) in [6.07, 6.45) is 8.30. The van der Waals surface area contributed by atoms with E-state index in [2.05, 4.69) is 33.6 Å². The van der Waals surface area contributed by atoms with Gasteiger partial charge in [0.15, 0.2) is 8.32 Å². The highest BCUT2D eigenvalue weighted by Gasteiger charge is 2.32. The van der Waals surface area contributed by atoms with E-state index in [1.165, 1.54) is 12.8 Å². The Balaban J connectivity index is 0. The topological polar surface area (TPSA) is 20.2 Å². The van der Waals surface area contributed by atoms with E-state index in [1.54, 1.807) is 0 Å². The Morgan fingerprint density at radius 1 is 1.29 bits per heavy atom. The Morgan fingerprint density at radius 2 is 1.64 bits per heavy atom. The summed E-state index contributed by atoms with van der Waals surface area (Å²) in [6.45, 7) is 12.3. The molecule has 0 aliphatic carbocycles. The van der Waals surface area contributed by atoms with Crippen LogP contribution in [0.4, 0.5) is 0 Å². The number of hydrogen-bond acceptors (Lipinski definition) is 1. The summed E-state index contributed by atoms with van der Waals surface area (Å²) in [5, 5.41) is 0.132. The van der Waals surface area contributed by atoms with E-state index in [9.17, 15) is 4.80 Å². The molecule has 0 rings (SSSR count). The molecule has 0 aliphatic heterocycles. The van der Waals surface area contributed by atoms with Gasteiger partial charge >= 0.3 is 0 Å². The van der Waals surface area contributed by atoms with E-state index >= 15 is 0 Å². The fourth-order valence-electron chi connectivity index (χ4n) is 0.279. The molecule has 0 amide bonds. The third-order valence-electron chi connectivity index (χ3n) is 2.51. The Hall–Kier alpha value is -0.263. The van der Waals surface area contributed by atoms with Crippen molar-refractivity contribution < 1.29 is 4.80 Å². The molecule has 0 fully saturated rings.